The fourth-order valence-corrected chi connectivity index (χ4v) is 2.82. The van der Waals surface area contributed by atoms with E-state index in [1.54, 1.807) is 26.0 Å². The molecular formula is C20H20ClF3O4. The molecule has 0 aliphatic heterocycles. The van der Waals surface area contributed by atoms with Crippen molar-refractivity contribution in [2.45, 2.75) is 39.5 Å². The van der Waals surface area contributed by atoms with Crippen LogP contribution in [-0.4, -0.2) is 13.1 Å². The van der Waals surface area contributed by atoms with Gasteiger partial charge < -0.3 is 14.2 Å². The number of esters is 1. The van der Waals surface area contributed by atoms with Crippen LogP contribution in [0.4, 0.5) is 13.2 Å². The van der Waals surface area contributed by atoms with Gasteiger partial charge in [-0.25, -0.2) is 0 Å². The number of carbonyl (C=O) groups excluding carboxylic acids is 1. The zero-order chi connectivity index (χ0) is 20.9. The van der Waals surface area contributed by atoms with Crippen molar-refractivity contribution in [3.63, 3.8) is 0 Å². The van der Waals surface area contributed by atoms with Crippen LogP contribution >= 0.6 is 11.6 Å². The van der Waals surface area contributed by atoms with Gasteiger partial charge in [0.15, 0.2) is 0 Å². The molecule has 0 N–H and O–H groups in total. The van der Waals surface area contributed by atoms with Crippen molar-refractivity contribution in [2.24, 2.45) is 0 Å². The van der Waals surface area contributed by atoms with Crippen LogP contribution in [0, 0.1) is 0 Å². The van der Waals surface area contributed by atoms with Crippen molar-refractivity contribution >= 4 is 17.6 Å². The molecule has 0 spiro atoms. The molecule has 4 nitrogen and oxygen atoms in total. The minimum atomic E-state index is -4.61. The molecule has 0 aliphatic rings. The van der Waals surface area contributed by atoms with E-state index in [2.05, 4.69) is 0 Å². The van der Waals surface area contributed by atoms with Crippen molar-refractivity contribution < 1.29 is 32.2 Å². The first kappa shape index (κ1) is 21.9. The van der Waals surface area contributed by atoms with Crippen molar-refractivity contribution in [2.75, 3.05) is 7.11 Å². The van der Waals surface area contributed by atoms with Crippen molar-refractivity contribution in [1.29, 1.82) is 0 Å². The Hall–Kier alpha value is -2.41. The molecule has 0 unspecified atom stereocenters. The molecule has 28 heavy (non-hydrogen) atoms. The summed E-state index contributed by atoms with van der Waals surface area (Å²) in [7, 11) is 1.40. The summed E-state index contributed by atoms with van der Waals surface area (Å²) in [6.07, 6.45) is -4.11. The molecule has 8 heteroatoms. The standard InChI is InChI=1S/C20H20ClF3O4/c1-4-12-9-14(20(22,23)24)18(10-15(12)21)27-11-13-16(26-3)7-6-8-17(13)28-19(25)5-2/h6-10H,4-5,11H2,1-3H3. The SMILES string of the molecule is CCC(=O)Oc1cccc(OC)c1COc1cc(Cl)c(CC)cc1C(F)(F)F. The normalized spacial score (nSPS) is 11.2. The monoisotopic (exact) mass is 416 g/mol. The van der Waals surface area contributed by atoms with E-state index in [9.17, 15) is 18.0 Å². The fraction of sp³-hybridized carbons (Fsp3) is 0.350. The van der Waals surface area contributed by atoms with Crippen molar-refractivity contribution in [3.8, 4) is 17.2 Å². The first-order valence-electron chi connectivity index (χ1n) is 8.60. The van der Waals surface area contributed by atoms with Gasteiger partial charge in [-0.1, -0.05) is 31.5 Å². The number of methoxy groups -OCH3 is 1. The molecule has 0 saturated heterocycles. The quantitative estimate of drug-likeness (QED) is 0.421. The number of benzene rings is 2. The number of ether oxygens (including phenoxy) is 3. The van der Waals surface area contributed by atoms with E-state index in [-0.39, 0.29) is 23.8 Å². The minimum Gasteiger partial charge on any atom is -0.496 e. The third-order valence-electron chi connectivity index (χ3n) is 4.03. The minimum absolute atomic E-state index is 0.143. The Bertz CT molecular complexity index is 850. The number of alkyl halides is 3. The molecule has 0 bridgehead atoms. The molecule has 0 aromatic heterocycles. The highest BCUT2D eigenvalue weighted by atomic mass is 35.5. The molecule has 152 valence electrons. The molecule has 0 aliphatic carbocycles. The highest BCUT2D eigenvalue weighted by molar-refractivity contribution is 6.31. The summed E-state index contributed by atoms with van der Waals surface area (Å²) in [6.45, 7) is 3.04. The zero-order valence-corrected chi connectivity index (χ0v) is 16.4. The topological polar surface area (TPSA) is 44.8 Å². The number of carbonyl (C=O) groups is 1. The third-order valence-corrected chi connectivity index (χ3v) is 4.38. The Labute approximate surface area is 166 Å². The van der Waals surface area contributed by atoms with Gasteiger partial charge in [0.05, 0.1) is 18.2 Å². The first-order valence-corrected chi connectivity index (χ1v) is 8.98. The molecule has 0 atom stereocenters. The van der Waals surface area contributed by atoms with E-state index in [0.29, 0.717) is 23.3 Å². The maximum Gasteiger partial charge on any atom is 0.419 e. The van der Waals surface area contributed by atoms with Crippen LogP contribution in [0.5, 0.6) is 17.2 Å². The second kappa shape index (κ2) is 9.19. The van der Waals surface area contributed by atoms with Crippen molar-refractivity contribution in [1.82, 2.24) is 0 Å². The van der Waals surface area contributed by atoms with Crippen LogP contribution in [0.1, 0.15) is 37.0 Å². The Morgan fingerprint density at radius 3 is 2.36 bits per heavy atom. The highest BCUT2D eigenvalue weighted by Gasteiger charge is 2.35. The van der Waals surface area contributed by atoms with Gasteiger partial charge in [0, 0.05) is 11.4 Å². The highest BCUT2D eigenvalue weighted by Crippen LogP contribution is 2.40. The van der Waals surface area contributed by atoms with Gasteiger partial charge in [0.25, 0.3) is 0 Å². The molecule has 0 radical (unpaired) electrons. The van der Waals surface area contributed by atoms with Crippen LogP contribution in [-0.2, 0) is 24.0 Å². The van der Waals surface area contributed by atoms with Gasteiger partial charge in [-0.2, -0.15) is 13.2 Å². The van der Waals surface area contributed by atoms with Crippen molar-refractivity contribution in [3.05, 3.63) is 52.0 Å². The van der Waals surface area contributed by atoms with Gasteiger partial charge in [-0.05, 0) is 36.2 Å². The third kappa shape index (κ3) is 5.10. The fourth-order valence-electron chi connectivity index (χ4n) is 2.53. The lowest BCUT2D eigenvalue weighted by Gasteiger charge is -2.18. The smallest absolute Gasteiger partial charge is 0.419 e. The van der Waals surface area contributed by atoms with Crippen LogP contribution in [0.15, 0.2) is 30.3 Å². The number of hydrogen-bond donors (Lipinski definition) is 0. The Kier molecular flexibility index (Phi) is 7.18. The van der Waals surface area contributed by atoms with Crippen LogP contribution in [0.2, 0.25) is 5.02 Å². The van der Waals surface area contributed by atoms with Crippen LogP contribution in [0.25, 0.3) is 0 Å². The van der Waals surface area contributed by atoms with Gasteiger partial charge in [0.1, 0.15) is 23.9 Å². The van der Waals surface area contributed by atoms with Crippen LogP contribution in [0.3, 0.4) is 0 Å². The summed E-state index contributed by atoms with van der Waals surface area (Å²) in [6, 6.07) is 6.86. The van der Waals surface area contributed by atoms with E-state index in [0.717, 1.165) is 12.1 Å². The first-order chi connectivity index (χ1) is 13.2. The average Bonchev–Trinajstić information content (AvgIpc) is 2.65. The lowest BCUT2D eigenvalue weighted by atomic mass is 10.1. The van der Waals surface area contributed by atoms with E-state index < -0.39 is 23.5 Å². The molecule has 2 rings (SSSR count). The van der Waals surface area contributed by atoms with E-state index in [1.165, 1.54) is 13.2 Å². The molecule has 0 fully saturated rings. The Balaban J connectivity index is 2.41. The van der Waals surface area contributed by atoms with E-state index >= 15 is 0 Å². The zero-order valence-electron chi connectivity index (χ0n) is 15.7. The molecule has 0 heterocycles. The number of aryl methyl sites for hydroxylation is 1. The van der Waals surface area contributed by atoms with Gasteiger partial charge in [0.2, 0.25) is 0 Å². The predicted octanol–water partition coefficient (Wildman–Crippen LogP) is 5.82. The summed E-state index contributed by atoms with van der Waals surface area (Å²) < 4.78 is 56.3. The Morgan fingerprint density at radius 1 is 1.11 bits per heavy atom. The largest absolute Gasteiger partial charge is 0.496 e. The molecule has 2 aromatic rings. The molecule has 2 aromatic carbocycles. The summed E-state index contributed by atoms with van der Waals surface area (Å²) in [5, 5.41) is 0.183. The lowest BCUT2D eigenvalue weighted by Crippen LogP contribution is -2.12. The Morgan fingerprint density at radius 2 is 1.79 bits per heavy atom. The number of halogens is 4. The number of rotatable bonds is 7. The number of hydrogen-bond acceptors (Lipinski definition) is 4. The maximum absolute atomic E-state index is 13.4. The van der Waals surface area contributed by atoms with Gasteiger partial charge in [-0.3, -0.25) is 4.79 Å². The summed E-state index contributed by atoms with van der Waals surface area (Å²) in [4.78, 5) is 11.6. The second-order valence-electron chi connectivity index (χ2n) is 5.84. The maximum atomic E-state index is 13.4. The summed E-state index contributed by atoms with van der Waals surface area (Å²) in [5.74, 6) is -0.406. The van der Waals surface area contributed by atoms with Gasteiger partial charge >= 0.3 is 12.1 Å². The van der Waals surface area contributed by atoms with E-state index in [4.69, 9.17) is 25.8 Å². The summed E-state index contributed by atoms with van der Waals surface area (Å²) in [5.41, 5.74) is -0.234. The lowest BCUT2D eigenvalue weighted by molar-refractivity contribution is -0.139. The average molecular weight is 417 g/mol. The predicted molar refractivity (Wildman–Crippen MR) is 99.1 cm³/mol. The molecule has 0 amide bonds. The molecular weight excluding hydrogens is 397 g/mol. The van der Waals surface area contributed by atoms with Gasteiger partial charge in [-0.15, -0.1) is 0 Å². The second-order valence-corrected chi connectivity index (χ2v) is 6.25. The molecule has 0 saturated carbocycles. The van der Waals surface area contributed by atoms with E-state index in [1.807, 2.05) is 0 Å². The van der Waals surface area contributed by atoms with Crippen LogP contribution < -0.4 is 14.2 Å². The summed E-state index contributed by atoms with van der Waals surface area (Å²) >= 11 is 6.07.